The number of anilines is 1. The summed E-state index contributed by atoms with van der Waals surface area (Å²) in [5, 5.41) is 9.74. The minimum atomic E-state index is -4.92. The van der Waals surface area contributed by atoms with Gasteiger partial charge in [0.25, 0.3) is 0 Å². The van der Waals surface area contributed by atoms with Gasteiger partial charge < -0.3 is 5.32 Å². The number of alkyl halides is 4. The largest absolute Gasteiger partial charge is 0.383 e. The van der Waals surface area contributed by atoms with Crippen molar-refractivity contribution in [3.05, 3.63) is 29.6 Å². The summed E-state index contributed by atoms with van der Waals surface area (Å²) < 4.78 is 62.0. The molecule has 1 aromatic carbocycles. The molecule has 0 radical (unpaired) electrons. The highest BCUT2D eigenvalue weighted by Crippen LogP contribution is 2.25. The van der Waals surface area contributed by atoms with Crippen molar-refractivity contribution in [1.82, 2.24) is 0 Å². The lowest BCUT2D eigenvalue weighted by Gasteiger charge is -2.15. The molecule has 1 rings (SSSR count). The van der Waals surface area contributed by atoms with Crippen molar-refractivity contribution in [2.24, 2.45) is 0 Å². The van der Waals surface area contributed by atoms with Gasteiger partial charge >= 0.3 is 18.3 Å². The molecule has 0 saturated carbocycles. The lowest BCUT2D eigenvalue weighted by Crippen LogP contribution is -2.41. The van der Waals surface area contributed by atoms with E-state index >= 15 is 0 Å². The van der Waals surface area contributed by atoms with E-state index < -0.39 is 29.8 Å². The monoisotopic (exact) mass is 264 g/mol. The van der Waals surface area contributed by atoms with Crippen LogP contribution in [-0.2, 0) is 4.79 Å². The van der Waals surface area contributed by atoms with Crippen LogP contribution in [0.4, 0.5) is 27.6 Å². The van der Waals surface area contributed by atoms with E-state index in [1.807, 2.05) is 0 Å². The maximum absolute atomic E-state index is 13.2. The number of carbonyl (C=O) groups excluding carboxylic acids is 1. The maximum Gasteiger partial charge on any atom is 0.383 e. The zero-order valence-corrected chi connectivity index (χ0v) is 8.55. The smallest absolute Gasteiger partial charge is 0.318 e. The molecule has 96 valence electrons. The third-order valence-corrected chi connectivity index (χ3v) is 1.92. The fraction of sp³-hybridized carbons (Fsp3) is 0.200. The van der Waals surface area contributed by atoms with Crippen molar-refractivity contribution in [2.75, 3.05) is 5.32 Å². The molecular weight excluding hydrogens is 259 g/mol. The number of hydrogen-bond acceptors (Lipinski definition) is 2. The number of carbonyl (C=O) groups is 1. The first-order chi connectivity index (χ1) is 8.28. The molecule has 0 aliphatic carbocycles. The van der Waals surface area contributed by atoms with Crippen LogP contribution in [0.15, 0.2) is 18.2 Å². The Kier molecular flexibility index (Phi) is 3.86. The number of benzene rings is 1. The van der Waals surface area contributed by atoms with Crippen LogP contribution in [0.3, 0.4) is 0 Å². The Morgan fingerprint density at radius 3 is 2.44 bits per heavy atom. The predicted molar refractivity (Wildman–Crippen MR) is 50.7 cm³/mol. The van der Waals surface area contributed by atoms with E-state index in [4.69, 9.17) is 5.26 Å². The summed E-state index contributed by atoms with van der Waals surface area (Å²) in [6.07, 6.45) is -4.20. The Balaban J connectivity index is 2.93. The van der Waals surface area contributed by atoms with Crippen molar-refractivity contribution in [1.29, 1.82) is 5.26 Å². The van der Waals surface area contributed by atoms with Gasteiger partial charge in [-0.2, -0.15) is 14.0 Å². The first-order valence-electron chi connectivity index (χ1n) is 4.46. The fourth-order valence-corrected chi connectivity index (χ4v) is 0.991. The van der Waals surface area contributed by atoms with E-state index in [1.165, 1.54) is 5.32 Å². The molecule has 1 aromatic rings. The molecule has 18 heavy (non-hydrogen) atoms. The Hall–Kier alpha value is -2.17. The molecule has 0 heterocycles. The third-order valence-electron chi connectivity index (χ3n) is 1.92. The molecule has 0 bridgehead atoms. The standard InChI is InChI=1S/C10H5F5N2O/c11-6-3-5(4-16)1-2-7(6)17-9(18)10(14,15)8(12)13/h1-3,8H,(H,17,18). The summed E-state index contributed by atoms with van der Waals surface area (Å²) in [6, 6.07) is 4.12. The van der Waals surface area contributed by atoms with Crippen molar-refractivity contribution < 1.29 is 26.7 Å². The maximum atomic E-state index is 13.2. The second kappa shape index (κ2) is 5.00. The summed E-state index contributed by atoms with van der Waals surface area (Å²) in [5.74, 6) is -8.41. The van der Waals surface area contributed by atoms with Gasteiger partial charge in [-0.1, -0.05) is 0 Å². The number of nitrogens with one attached hydrogen (secondary N) is 1. The van der Waals surface area contributed by atoms with E-state index in [0.717, 1.165) is 12.1 Å². The molecule has 0 fully saturated rings. The van der Waals surface area contributed by atoms with Gasteiger partial charge in [0.15, 0.2) is 0 Å². The van der Waals surface area contributed by atoms with Crippen LogP contribution >= 0.6 is 0 Å². The van der Waals surface area contributed by atoms with E-state index in [-0.39, 0.29) is 5.56 Å². The first kappa shape index (κ1) is 13.9. The molecule has 0 aliphatic rings. The SMILES string of the molecule is N#Cc1ccc(NC(=O)C(F)(F)C(F)F)c(F)c1. The van der Waals surface area contributed by atoms with Crippen LogP contribution in [0.2, 0.25) is 0 Å². The number of amides is 1. The molecule has 0 unspecified atom stereocenters. The van der Waals surface area contributed by atoms with Gasteiger partial charge in [-0.3, -0.25) is 4.79 Å². The Bertz CT molecular complexity index is 509. The number of halogens is 5. The molecule has 1 amide bonds. The average Bonchev–Trinajstić information content (AvgIpc) is 2.31. The van der Waals surface area contributed by atoms with Crippen LogP contribution in [0.1, 0.15) is 5.56 Å². The minimum Gasteiger partial charge on any atom is -0.318 e. The Labute approximate surface area is 97.8 Å². The lowest BCUT2D eigenvalue weighted by atomic mass is 10.2. The van der Waals surface area contributed by atoms with E-state index in [0.29, 0.717) is 6.07 Å². The normalized spacial score (nSPS) is 11.2. The van der Waals surface area contributed by atoms with Gasteiger partial charge in [0.05, 0.1) is 17.3 Å². The van der Waals surface area contributed by atoms with Gasteiger partial charge in [0, 0.05) is 0 Å². The van der Waals surface area contributed by atoms with Crippen LogP contribution in [0.5, 0.6) is 0 Å². The summed E-state index contributed by atoms with van der Waals surface area (Å²) >= 11 is 0. The average molecular weight is 264 g/mol. The van der Waals surface area contributed by atoms with Crippen molar-refractivity contribution in [2.45, 2.75) is 12.3 Å². The minimum absolute atomic E-state index is 0.105. The van der Waals surface area contributed by atoms with Crippen molar-refractivity contribution in [3.63, 3.8) is 0 Å². The lowest BCUT2D eigenvalue weighted by molar-refractivity contribution is -0.163. The van der Waals surface area contributed by atoms with E-state index in [1.54, 1.807) is 6.07 Å². The zero-order chi connectivity index (χ0) is 13.9. The summed E-state index contributed by atoms with van der Waals surface area (Å²) in [6.45, 7) is 0. The Morgan fingerprint density at radius 2 is 2.00 bits per heavy atom. The van der Waals surface area contributed by atoms with Gasteiger partial charge in [-0.05, 0) is 18.2 Å². The van der Waals surface area contributed by atoms with Gasteiger partial charge in [0.2, 0.25) is 0 Å². The number of rotatable bonds is 3. The molecule has 1 N–H and O–H groups in total. The Morgan fingerprint density at radius 1 is 1.39 bits per heavy atom. The quantitative estimate of drug-likeness (QED) is 0.853. The first-order valence-corrected chi connectivity index (χ1v) is 4.46. The molecule has 0 atom stereocenters. The van der Waals surface area contributed by atoms with E-state index in [9.17, 15) is 26.7 Å². The molecule has 8 heteroatoms. The van der Waals surface area contributed by atoms with Crippen molar-refractivity contribution >= 4 is 11.6 Å². The fourth-order valence-electron chi connectivity index (χ4n) is 0.991. The van der Waals surface area contributed by atoms with Crippen molar-refractivity contribution in [3.8, 4) is 6.07 Å². The predicted octanol–water partition coefficient (Wildman–Crippen LogP) is 2.54. The summed E-state index contributed by atoms with van der Waals surface area (Å²) in [5.41, 5.74) is -0.814. The zero-order valence-electron chi connectivity index (χ0n) is 8.55. The molecular formula is C10H5F5N2O. The number of nitriles is 1. The summed E-state index contributed by atoms with van der Waals surface area (Å²) in [4.78, 5) is 10.8. The highest BCUT2D eigenvalue weighted by Gasteiger charge is 2.49. The highest BCUT2D eigenvalue weighted by molar-refractivity contribution is 5.96. The van der Waals surface area contributed by atoms with Crippen LogP contribution < -0.4 is 5.32 Å². The van der Waals surface area contributed by atoms with Crippen LogP contribution in [0, 0.1) is 17.1 Å². The van der Waals surface area contributed by atoms with Crippen LogP contribution in [0.25, 0.3) is 0 Å². The van der Waals surface area contributed by atoms with E-state index in [2.05, 4.69) is 0 Å². The van der Waals surface area contributed by atoms with Gasteiger partial charge in [-0.15, -0.1) is 0 Å². The molecule has 0 saturated heterocycles. The highest BCUT2D eigenvalue weighted by atomic mass is 19.3. The second-order valence-electron chi connectivity index (χ2n) is 3.18. The molecule has 0 aromatic heterocycles. The third kappa shape index (κ3) is 2.74. The van der Waals surface area contributed by atoms with Gasteiger partial charge in [0.1, 0.15) is 5.82 Å². The molecule has 0 aliphatic heterocycles. The second-order valence-corrected chi connectivity index (χ2v) is 3.18. The molecule has 3 nitrogen and oxygen atoms in total. The molecule has 0 spiro atoms. The van der Waals surface area contributed by atoms with Gasteiger partial charge in [-0.25, -0.2) is 13.2 Å². The topological polar surface area (TPSA) is 52.9 Å². The summed E-state index contributed by atoms with van der Waals surface area (Å²) in [7, 11) is 0. The number of hydrogen-bond donors (Lipinski definition) is 1. The number of nitrogens with zero attached hydrogens (tertiary/aromatic N) is 1. The van der Waals surface area contributed by atoms with Crippen LogP contribution in [-0.4, -0.2) is 18.3 Å².